The van der Waals surface area contributed by atoms with E-state index in [-0.39, 0.29) is 11.9 Å². The van der Waals surface area contributed by atoms with Gasteiger partial charge in [0, 0.05) is 12.4 Å². The van der Waals surface area contributed by atoms with Crippen LogP contribution in [-0.4, -0.2) is 21.9 Å². The molecule has 92 valence electrons. The van der Waals surface area contributed by atoms with E-state index in [1.807, 2.05) is 0 Å². The van der Waals surface area contributed by atoms with Crippen molar-refractivity contribution in [3.8, 4) is 5.88 Å². The summed E-state index contributed by atoms with van der Waals surface area (Å²) in [5.41, 5.74) is 5.79. The Hall–Kier alpha value is -1.65. The number of nitrogens with zero attached hydrogens (tertiary/aromatic N) is 2. The van der Waals surface area contributed by atoms with Gasteiger partial charge < -0.3 is 10.5 Å². The van der Waals surface area contributed by atoms with Gasteiger partial charge in [0.15, 0.2) is 5.69 Å². The summed E-state index contributed by atoms with van der Waals surface area (Å²) in [5, 5.41) is 7.44. The summed E-state index contributed by atoms with van der Waals surface area (Å²) in [5.74, 6) is 0.806. The molecule has 0 aromatic carbocycles. The van der Waals surface area contributed by atoms with Crippen LogP contribution < -0.4 is 10.5 Å². The number of rotatable bonds is 3. The minimum atomic E-state index is -0.100. The maximum atomic E-state index is 7.44. The van der Waals surface area contributed by atoms with Gasteiger partial charge in [-0.25, -0.2) is 9.97 Å². The van der Waals surface area contributed by atoms with E-state index in [9.17, 15) is 0 Å². The minimum Gasteiger partial charge on any atom is -0.472 e. The number of ether oxygens (including phenoxy) is 1. The lowest BCUT2D eigenvalue weighted by Crippen LogP contribution is -2.30. The third-order valence-corrected chi connectivity index (χ3v) is 3.22. The van der Waals surface area contributed by atoms with Crippen LogP contribution in [0, 0.1) is 11.3 Å². The van der Waals surface area contributed by atoms with Crippen molar-refractivity contribution >= 4 is 5.84 Å². The standard InChI is InChI=1S/C12H18N4O/c1-8-4-2-3-5-9(8)17-12-10(11(13)14)15-6-7-16-12/h6-9H,2-5H2,1H3,(H3,13,14). The highest BCUT2D eigenvalue weighted by Gasteiger charge is 2.24. The van der Waals surface area contributed by atoms with Crippen LogP contribution >= 0.6 is 0 Å². The summed E-state index contributed by atoms with van der Waals surface area (Å²) < 4.78 is 5.87. The van der Waals surface area contributed by atoms with Gasteiger partial charge in [0.05, 0.1) is 0 Å². The molecule has 0 aliphatic heterocycles. The van der Waals surface area contributed by atoms with Gasteiger partial charge in [-0.1, -0.05) is 13.3 Å². The fourth-order valence-electron chi connectivity index (χ4n) is 2.20. The monoisotopic (exact) mass is 234 g/mol. The van der Waals surface area contributed by atoms with Gasteiger partial charge in [0.2, 0.25) is 5.88 Å². The SMILES string of the molecule is CC1CCCCC1Oc1nccnc1C(=N)N. The highest BCUT2D eigenvalue weighted by molar-refractivity contribution is 5.94. The smallest absolute Gasteiger partial charge is 0.244 e. The predicted octanol–water partition coefficient (Wildman–Crippen LogP) is 1.72. The zero-order valence-electron chi connectivity index (χ0n) is 10.0. The van der Waals surface area contributed by atoms with E-state index in [2.05, 4.69) is 16.9 Å². The van der Waals surface area contributed by atoms with E-state index in [1.54, 1.807) is 6.20 Å². The Bertz CT molecular complexity index is 407. The van der Waals surface area contributed by atoms with Crippen molar-refractivity contribution in [3.63, 3.8) is 0 Å². The Morgan fingerprint density at radius 1 is 1.35 bits per heavy atom. The zero-order valence-corrected chi connectivity index (χ0v) is 10.0. The first kappa shape index (κ1) is 11.8. The first-order valence-corrected chi connectivity index (χ1v) is 6.00. The molecule has 1 heterocycles. The number of hydrogen-bond acceptors (Lipinski definition) is 4. The maximum Gasteiger partial charge on any atom is 0.244 e. The van der Waals surface area contributed by atoms with Crippen molar-refractivity contribution < 1.29 is 4.74 Å². The molecule has 0 amide bonds. The van der Waals surface area contributed by atoms with Crippen molar-refractivity contribution in [3.05, 3.63) is 18.1 Å². The summed E-state index contributed by atoms with van der Waals surface area (Å²) in [6, 6.07) is 0. The fraction of sp³-hybridized carbons (Fsp3) is 0.583. The summed E-state index contributed by atoms with van der Waals surface area (Å²) in [4.78, 5) is 8.15. The van der Waals surface area contributed by atoms with Gasteiger partial charge in [0.1, 0.15) is 11.9 Å². The Kier molecular flexibility index (Phi) is 3.56. The lowest BCUT2D eigenvalue weighted by Gasteiger charge is -2.29. The molecule has 1 aliphatic rings. The van der Waals surface area contributed by atoms with E-state index < -0.39 is 0 Å². The lowest BCUT2D eigenvalue weighted by atomic mass is 9.88. The number of nitrogens with one attached hydrogen (secondary N) is 1. The molecule has 1 saturated carbocycles. The van der Waals surface area contributed by atoms with Gasteiger partial charge in [-0.15, -0.1) is 0 Å². The largest absolute Gasteiger partial charge is 0.472 e. The molecule has 1 fully saturated rings. The van der Waals surface area contributed by atoms with Crippen LogP contribution in [0.5, 0.6) is 5.88 Å². The second kappa shape index (κ2) is 5.12. The van der Waals surface area contributed by atoms with Crippen LogP contribution in [0.2, 0.25) is 0 Å². The number of nitrogen functional groups attached to an aromatic ring is 1. The molecule has 1 aliphatic carbocycles. The summed E-state index contributed by atoms with van der Waals surface area (Å²) in [7, 11) is 0. The second-order valence-corrected chi connectivity index (χ2v) is 4.54. The number of aromatic nitrogens is 2. The summed E-state index contributed by atoms with van der Waals surface area (Å²) in [6.07, 6.45) is 7.92. The highest BCUT2D eigenvalue weighted by Crippen LogP contribution is 2.27. The van der Waals surface area contributed by atoms with Gasteiger partial charge in [0.25, 0.3) is 0 Å². The third-order valence-electron chi connectivity index (χ3n) is 3.22. The van der Waals surface area contributed by atoms with E-state index in [4.69, 9.17) is 15.9 Å². The second-order valence-electron chi connectivity index (χ2n) is 4.54. The average molecular weight is 234 g/mol. The first-order chi connectivity index (χ1) is 8.18. The fourth-order valence-corrected chi connectivity index (χ4v) is 2.20. The molecule has 2 unspecified atom stereocenters. The molecule has 5 nitrogen and oxygen atoms in total. The molecule has 0 saturated heterocycles. The maximum absolute atomic E-state index is 7.44. The van der Waals surface area contributed by atoms with Crippen molar-refractivity contribution in [2.75, 3.05) is 0 Å². The van der Waals surface area contributed by atoms with Crippen LogP contribution in [0.3, 0.4) is 0 Å². The van der Waals surface area contributed by atoms with Crippen LogP contribution in [0.1, 0.15) is 38.3 Å². The van der Waals surface area contributed by atoms with Crippen molar-refractivity contribution in [2.45, 2.75) is 38.7 Å². The molecule has 0 bridgehead atoms. The predicted molar refractivity (Wildman–Crippen MR) is 65.1 cm³/mol. The van der Waals surface area contributed by atoms with E-state index in [0.717, 1.165) is 6.42 Å². The van der Waals surface area contributed by atoms with Crippen LogP contribution in [0.15, 0.2) is 12.4 Å². The number of amidine groups is 1. The molecule has 2 rings (SSSR count). The molecule has 5 heteroatoms. The topological polar surface area (TPSA) is 84.9 Å². The molecule has 0 spiro atoms. The number of nitrogens with two attached hydrogens (primary N) is 1. The lowest BCUT2D eigenvalue weighted by molar-refractivity contribution is 0.0968. The van der Waals surface area contributed by atoms with Crippen molar-refractivity contribution in [2.24, 2.45) is 11.7 Å². The summed E-state index contributed by atoms with van der Waals surface area (Å²) >= 11 is 0. The first-order valence-electron chi connectivity index (χ1n) is 6.00. The molecule has 2 atom stereocenters. The molecular formula is C12H18N4O. The normalized spacial score (nSPS) is 24.3. The van der Waals surface area contributed by atoms with Gasteiger partial charge in [-0.3, -0.25) is 5.41 Å². The van der Waals surface area contributed by atoms with Gasteiger partial charge in [-0.2, -0.15) is 0 Å². The number of hydrogen-bond donors (Lipinski definition) is 2. The Morgan fingerprint density at radius 3 is 2.76 bits per heavy atom. The Labute approximate surface area is 101 Å². The van der Waals surface area contributed by atoms with Crippen molar-refractivity contribution in [1.29, 1.82) is 5.41 Å². The summed E-state index contributed by atoms with van der Waals surface area (Å²) in [6.45, 7) is 2.19. The van der Waals surface area contributed by atoms with Crippen LogP contribution in [0.4, 0.5) is 0 Å². The van der Waals surface area contributed by atoms with Crippen molar-refractivity contribution in [1.82, 2.24) is 9.97 Å². The molecule has 1 aromatic rings. The van der Waals surface area contributed by atoms with Gasteiger partial charge >= 0.3 is 0 Å². The molecule has 17 heavy (non-hydrogen) atoms. The zero-order chi connectivity index (χ0) is 12.3. The molecular weight excluding hydrogens is 216 g/mol. The highest BCUT2D eigenvalue weighted by atomic mass is 16.5. The molecule has 3 N–H and O–H groups in total. The minimum absolute atomic E-state index is 0.100. The average Bonchev–Trinajstić information content (AvgIpc) is 2.32. The quantitative estimate of drug-likeness (QED) is 0.616. The third kappa shape index (κ3) is 2.72. The van der Waals surface area contributed by atoms with E-state index in [0.29, 0.717) is 17.5 Å². The van der Waals surface area contributed by atoms with Crippen LogP contribution in [-0.2, 0) is 0 Å². The van der Waals surface area contributed by atoms with Crippen LogP contribution in [0.25, 0.3) is 0 Å². The molecule has 1 aromatic heterocycles. The molecule has 0 radical (unpaired) electrons. The Balaban J connectivity index is 2.14. The van der Waals surface area contributed by atoms with Gasteiger partial charge in [-0.05, 0) is 25.2 Å². The Morgan fingerprint density at radius 2 is 2.06 bits per heavy atom. The van der Waals surface area contributed by atoms with E-state index >= 15 is 0 Å². The van der Waals surface area contributed by atoms with E-state index in [1.165, 1.54) is 25.5 Å².